The monoisotopic (exact) mass is 197 g/mol. The van der Waals surface area contributed by atoms with Crippen molar-refractivity contribution in [1.82, 2.24) is 0 Å². The molecule has 0 atom stereocenters. The molecule has 78 valence electrons. The summed E-state index contributed by atoms with van der Waals surface area (Å²) >= 11 is 0. The molecular weight excluding hydrogens is 181 g/mol. The van der Waals surface area contributed by atoms with Gasteiger partial charge in [-0.3, -0.25) is 0 Å². The van der Waals surface area contributed by atoms with Crippen LogP contribution in [0.15, 0.2) is 18.2 Å². The number of hydrogen-bond donors (Lipinski definition) is 1. The number of rotatable bonds is 4. The van der Waals surface area contributed by atoms with Gasteiger partial charge in [0.2, 0.25) is 0 Å². The smallest absolute Gasteiger partial charge is 0.123 e. The average molecular weight is 197 g/mol. The van der Waals surface area contributed by atoms with Crippen LogP contribution in [0.3, 0.4) is 0 Å². The largest absolute Gasteiger partial charge is 0.396 e. The predicted molar refractivity (Wildman–Crippen MR) is 56.1 cm³/mol. The van der Waals surface area contributed by atoms with Gasteiger partial charge in [0.05, 0.1) is 0 Å². The summed E-state index contributed by atoms with van der Waals surface area (Å²) in [6, 6.07) is 4.75. The molecule has 0 aliphatic rings. The van der Waals surface area contributed by atoms with Gasteiger partial charge in [0, 0.05) is 26.4 Å². The van der Waals surface area contributed by atoms with Gasteiger partial charge in [-0.25, -0.2) is 4.39 Å². The van der Waals surface area contributed by atoms with Crippen LogP contribution in [-0.2, 0) is 6.42 Å². The number of aliphatic hydroxyl groups is 1. The maximum absolute atomic E-state index is 13.0. The Morgan fingerprint density at radius 3 is 2.64 bits per heavy atom. The van der Waals surface area contributed by atoms with Crippen LogP contribution in [0.4, 0.5) is 10.1 Å². The van der Waals surface area contributed by atoms with Crippen LogP contribution in [0.25, 0.3) is 0 Å². The van der Waals surface area contributed by atoms with Crippen molar-refractivity contribution in [2.24, 2.45) is 0 Å². The molecule has 1 rings (SSSR count). The lowest BCUT2D eigenvalue weighted by Gasteiger charge is -2.17. The highest BCUT2D eigenvalue weighted by Gasteiger charge is 2.05. The minimum atomic E-state index is -0.219. The number of aliphatic hydroxyl groups excluding tert-OH is 1. The van der Waals surface area contributed by atoms with Gasteiger partial charge in [0.1, 0.15) is 5.82 Å². The highest BCUT2D eigenvalue weighted by molar-refractivity contribution is 5.52. The molecule has 0 aliphatic carbocycles. The maximum Gasteiger partial charge on any atom is 0.123 e. The van der Waals surface area contributed by atoms with Crippen molar-refractivity contribution in [3.8, 4) is 0 Å². The first-order valence-corrected chi connectivity index (χ1v) is 4.71. The van der Waals surface area contributed by atoms with Crippen LogP contribution < -0.4 is 4.90 Å². The summed E-state index contributed by atoms with van der Waals surface area (Å²) in [6.45, 7) is 0.142. The molecule has 0 fully saturated rings. The molecule has 0 bridgehead atoms. The fourth-order valence-corrected chi connectivity index (χ4v) is 1.46. The van der Waals surface area contributed by atoms with Gasteiger partial charge < -0.3 is 10.0 Å². The van der Waals surface area contributed by atoms with Crippen LogP contribution >= 0.6 is 0 Å². The lowest BCUT2D eigenvalue weighted by molar-refractivity contribution is 0.288. The molecule has 0 aromatic heterocycles. The molecule has 0 spiro atoms. The van der Waals surface area contributed by atoms with E-state index in [4.69, 9.17) is 5.11 Å². The van der Waals surface area contributed by atoms with Crippen molar-refractivity contribution in [2.45, 2.75) is 12.8 Å². The summed E-state index contributed by atoms with van der Waals surface area (Å²) in [7, 11) is 3.85. The van der Waals surface area contributed by atoms with E-state index in [2.05, 4.69) is 0 Å². The van der Waals surface area contributed by atoms with Gasteiger partial charge in [-0.1, -0.05) is 0 Å². The van der Waals surface area contributed by atoms with E-state index >= 15 is 0 Å². The van der Waals surface area contributed by atoms with Gasteiger partial charge >= 0.3 is 0 Å². The van der Waals surface area contributed by atoms with Gasteiger partial charge in [0.15, 0.2) is 0 Å². The number of halogens is 1. The first-order valence-electron chi connectivity index (χ1n) is 4.71. The molecule has 1 aromatic rings. The van der Waals surface area contributed by atoms with Crippen LogP contribution in [0.5, 0.6) is 0 Å². The predicted octanol–water partition coefficient (Wildman–Crippen LogP) is 1.82. The minimum Gasteiger partial charge on any atom is -0.396 e. The van der Waals surface area contributed by atoms with Crippen molar-refractivity contribution in [1.29, 1.82) is 0 Å². The third-order valence-corrected chi connectivity index (χ3v) is 2.13. The topological polar surface area (TPSA) is 23.5 Å². The van der Waals surface area contributed by atoms with Crippen molar-refractivity contribution in [3.63, 3.8) is 0 Å². The standard InChI is InChI=1S/C11H16FNO/c1-13(2)11-6-5-10(12)8-9(11)4-3-7-14/h5-6,8,14H,3-4,7H2,1-2H3. The SMILES string of the molecule is CN(C)c1ccc(F)cc1CCCO. The number of benzene rings is 1. The molecule has 0 saturated carbocycles. The number of hydrogen-bond acceptors (Lipinski definition) is 2. The zero-order chi connectivity index (χ0) is 10.6. The first-order chi connectivity index (χ1) is 6.65. The molecule has 0 heterocycles. The van der Waals surface area contributed by atoms with Crippen LogP contribution in [0, 0.1) is 5.82 Å². The Bertz CT molecular complexity index is 299. The Balaban J connectivity index is 2.91. The molecular formula is C11H16FNO. The third-order valence-electron chi connectivity index (χ3n) is 2.13. The van der Waals surface area contributed by atoms with Gasteiger partial charge in [-0.15, -0.1) is 0 Å². The zero-order valence-electron chi connectivity index (χ0n) is 8.63. The Hall–Kier alpha value is -1.09. The minimum absolute atomic E-state index is 0.142. The Morgan fingerprint density at radius 1 is 1.36 bits per heavy atom. The van der Waals surface area contributed by atoms with Crippen molar-refractivity contribution < 1.29 is 9.50 Å². The normalized spacial score (nSPS) is 10.3. The maximum atomic E-state index is 13.0. The van der Waals surface area contributed by atoms with E-state index in [9.17, 15) is 4.39 Å². The van der Waals surface area contributed by atoms with E-state index < -0.39 is 0 Å². The summed E-state index contributed by atoms with van der Waals surface area (Å²) in [5.74, 6) is -0.219. The van der Waals surface area contributed by atoms with Crippen LogP contribution in [0.1, 0.15) is 12.0 Å². The summed E-state index contributed by atoms with van der Waals surface area (Å²) in [4.78, 5) is 1.95. The van der Waals surface area contributed by atoms with Crippen molar-refractivity contribution in [2.75, 3.05) is 25.6 Å². The van der Waals surface area contributed by atoms with Gasteiger partial charge in [-0.05, 0) is 36.6 Å². The molecule has 0 amide bonds. The molecule has 1 aromatic carbocycles. The quantitative estimate of drug-likeness (QED) is 0.795. The molecule has 3 heteroatoms. The molecule has 0 saturated heterocycles. The molecule has 1 N–H and O–H groups in total. The van der Waals surface area contributed by atoms with Gasteiger partial charge in [-0.2, -0.15) is 0 Å². The number of nitrogens with zero attached hydrogens (tertiary/aromatic N) is 1. The lowest BCUT2D eigenvalue weighted by atomic mass is 10.1. The fourth-order valence-electron chi connectivity index (χ4n) is 1.46. The molecule has 2 nitrogen and oxygen atoms in total. The molecule has 0 radical (unpaired) electrons. The second kappa shape index (κ2) is 4.96. The van der Waals surface area contributed by atoms with E-state index in [0.29, 0.717) is 12.8 Å². The summed E-state index contributed by atoms with van der Waals surface area (Å²) < 4.78 is 13.0. The third kappa shape index (κ3) is 2.70. The number of anilines is 1. The van der Waals surface area contributed by atoms with E-state index in [-0.39, 0.29) is 12.4 Å². The van der Waals surface area contributed by atoms with Crippen LogP contribution in [-0.4, -0.2) is 25.8 Å². The number of aryl methyl sites for hydroxylation is 1. The summed E-state index contributed by atoms with van der Waals surface area (Å²) in [5, 5.41) is 8.72. The molecule has 0 aliphatic heterocycles. The second-order valence-electron chi connectivity index (χ2n) is 3.49. The summed E-state index contributed by atoms with van der Waals surface area (Å²) in [5.41, 5.74) is 1.96. The highest BCUT2D eigenvalue weighted by Crippen LogP contribution is 2.20. The van der Waals surface area contributed by atoms with Gasteiger partial charge in [0.25, 0.3) is 0 Å². The first kappa shape index (κ1) is 11.0. The fraction of sp³-hybridized carbons (Fsp3) is 0.455. The molecule has 14 heavy (non-hydrogen) atoms. The van der Waals surface area contributed by atoms with Crippen molar-refractivity contribution >= 4 is 5.69 Å². The van der Waals surface area contributed by atoms with E-state index in [1.54, 1.807) is 6.07 Å². The zero-order valence-corrected chi connectivity index (χ0v) is 8.63. The van der Waals surface area contributed by atoms with Crippen molar-refractivity contribution in [3.05, 3.63) is 29.6 Å². The Kier molecular flexibility index (Phi) is 3.89. The summed E-state index contributed by atoms with van der Waals surface area (Å²) in [6.07, 6.45) is 1.38. The second-order valence-corrected chi connectivity index (χ2v) is 3.49. The highest BCUT2D eigenvalue weighted by atomic mass is 19.1. The lowest BCUT2D eigenvalue weighted by Crippen LogP contribution is -2.11. The van der Waals surface area contributed by atoms with E-state index in [1.165, 1.54) is 12.1 Å². The Morgan fingerprint density at radius 2 is 2.07 bits per heavy atom. The van der Waals surface area contributed by atoms with E-state index in [1.807, 2.05) is 19.0 Å². The Labute approximate surface area is 84.0 Å². The molecule has 0 unspecified atom stereocenters. The van der Waals surface area contributed by atoms with E-state index in [0.717, 1.165) is 11.3 Å². The van der Waals surface area contributed by atoms with Crippen LogP contribution in [0.2, 0.25) is 0 Å². The average Bonchev–Trinajstić information content (AvgIpc) is 2.14.